The van der Waals surface area contributed by atoms with E-state index in [1.165, 1.54) is 22.8 Å². The molecule has 0 bridgehead atoms. The molecule has 0 radical (unpaired) electrons. The molecule has 1 saturated heterocycles. The van der Waals surface area contributed by atoms with Crippen molar-refractivity contribution in [2.24, 2.45) is 5.92 Å². The van der Waals surface area contributed by atoms with Gasteiger partial charge in [-0.1, -0.05) is 24.3 Å². The Bertz CT molecular complexity index is 544. The Kier molecular flexibility index (Phi) is 3.76. The topological polar surface area (TPSA) is 34.1 Å². The number of rotatable bonds is 4. The van der Waals surface area contributed by atoms with Gasteiger partial charge in [-0.25, -0.2) is 0 Å². The van der Waals surface area contributed by atoms with Crippen molar-refractivity contribution in [3.05, 3.63) is 42.2 Å². The quantitative estimate of drug-likeness (QED) is 0.913. The number of nitrogens with one attached hydrogen (secondary N) is 1. The lowest BCUT2D eigenvalue weighted by Gasteiger charge is -2.21. The first kappa shape index (κ1) is 12.6. The third-order valence-electron chi connectivity index (χ3n) is 4.02. The van der Waals surface area contributed by atoms with Gasteiger partial charge >= 0.3 is 0 Å². The van der Waals surface area contributed by atoms with E-state index in [0.717, 1.165) is 19.6 Å². The summed E-state index contributed by atoms with van der Waals surface area (Å²) in [7, 11) is 2.03. The zero-order valence-electron chi connectivity index (χ0n) is 11.3. The maximum atomic E-state index is 5.48. The lowest BCUT2D eigenvalue weighted by atomic mass is 9.92. The van der Waals surface area contributed by atoms with Crippen LogP contribution in [0.4, 0.5) is 0 Å². The first-order chi connectivity index (χ1) is 9.38. The van der Waals surface area contributed by atoms with Gasteiger partial charge in [-0.2, -0.15) is 0 Å². The van der Waals surface area contributed by atoms with Crippen molar-refractivity contribution in [3.8, 4) is 0 Å². The lowest BCUT2D eigenvalue weighted by molar-refractivity contribution is 0.181. The van der Waals surface area contributed by atoms with Crippen LogP contribution in [-0.2, 0) is 4.74 Å². The van der Waals surface area contributed by atoms with Gasteiger partial charge in [-0.15, -0.1) is 0 Å². The molecule has 100 valence electrons. The monoisotopic (exact) mass is 256 g/mol. The summed E-state index contributed by atoms with van der Waals surface area (Å²) >= 11 is 0. The summed E-state index contributed by atoms with van der Waals surface area (Å²) in [5.41, 5.74) is 1.30. The maximum Gasteiger partial charge on any atom is 0.0495 e. The molecule has 0 amide bonds. The zero-order valence-corrected chi connectivity index (χ0v) is 11.3. The first-order valence-electron chi connectivity index (χ1n) is 6.96. The van der Waals surface area contributed by atoms with Crippen LogP contribution in [0.5, 0.6) is 0 Å². The summed E-state index contributed by atoms with van der Waals surface area (Å²) in [6, 6.07) is 8.81. The van der Waals surface area contributed by atoms with Crippen molar-refractivity contribution in [2.45, 2.75) is 18.9 Å². The summed E-state index contributed by atoms with van der Waals surface area (Å²) in [5, 5.41) is 5.95. The normalized spacial score (nSPS) is 20.8. The third-order valence-corrected chi connectivity index (χ3v) is 4.02. The first-order valence-corrected chi connectivity index (χ1v) is 6.96. The third kappa shape index (κ3) is 2.62. The number of aromatic nitrogens is 1. The number of pyridine rings is 1. The van der Waals surface area contributed by atoms with Gasteiger partial charge in [0.2, 0.25) is 0 Å². The van der Waals surface area contributed by atoms with Crippen LogP contribution in [0.2, 0.25) is 0 Å². The van der Waals surface area contributed by atoms with Crippen LogP contribution in [0.1, 0.15) is 24.4 Å². The fourth-order valence-electron chi connectivity index (χ4n) is 2.92. The van der Waals surface area contributed by atoms with E-state index >= 15 is 0 Å². The molecule has 3 nitrogen and oxygen atoms in total. The van der Waals surface area contributed by atoms with Gasteiger partial charge in [-0.3, -0.25) is 4.98 Å². The minimum Gasteiger partial charge on any atom is -0.381 e. The predicted molar refractivity (Wildman–Crippen MR) is 77.1 cm³/mol. The molecule has 1 fully saturated rings. The minimum absolute atomic E-state index is 0.352. The van der Waals surface area contributed by atoms with Gasteiger partial charge < -0.3 is 10.1 Å². The number of nitrogens with zero attached hydrogens (tertiary/aromatic N) is 1. The van der Waals surface area contributed by atoms with Crippen molar-refractivity contribution in [3.63, 3.8) is 0 Å². The Balaban J connectivity index is 1.91. The molecule has 2 atom stereocenters. The minimum atomic E-state index is 0.352. The SMILES string of the molecule is CNC(CC1CCOC1)c1cncc2ccccc12. The Morgan fingerprint density at radius 2 is 2.26 bits per heavy atom. The van der Waals surface area contributed by atoms with Gasteiger partial charge in [0.15, 0.2) is 0 Å². The highest BCUT2D eigenvalue weighted by atomic mass is 16.5. The molecule has 0 spiro atoms. The van der Waals surface area contributed by atoms with Gasteiger partial charge in [0.1, 0.15) is 0 Å². The van der Waals surface area contributed by atoms with E-state index in [4.69, 9.17) is 4.74 Å². The summed E-state index contributed by atoms with van der Waals surface area (Å²) in [6.07, 6.45) is 6.23. The van der Waals surface area contributed by atoms with Crippen molar-refractivity contribution in [1.82, 2.24) is 10.3 Å². The summed E-state index contributed by atoms with van der Waals surface area (Å²) in [4.78, 5) is 4.38. The number of hydrogen-bond donors (Lipinski definition) is 1. The molecule has 2 heterocycles. The van der Waals surface area contributed by atoms with Gasteiger partial charge in [-0.05, 0) is 36.8 Å². The van der Waals surface area contributed by atoms with E-state index in [1.807, 2.05) is 19.4 Å². The largest absolute Gasteiger partial charge is 0.381 e. The van der Waals surface area contributed by atoms with Crippen molar-refractivity contribution < 1.29 is 4.74 Å². The fourth-order valence-corrected chi connectivity index (χ4v) is 2.92. The molecular formula is C16H20N2O. The zero-order chi connectivity index (χ0) is 13.1. The Morgan fingerprint density at radius 1 is 1.37 bits per heavy atom. The average Bonchev–Trinajstić information content (AvgIpc) is 2.97. The molecule has 0 aliphatic carbocycles. The van der Waals surface area contributed by atoms with Crippen LogP contribution in [0, 0.1) is 5.92 Å². The predicted octanol–water partition coefficient (Wildman–Crippen LogP) is 2.92. The fraction of sp³-hybridized carbons (Fsp3) is 0.438. The molecule has 3 rings (SSSR count). The molecule has 1 aliphatic rings. The average molecular weight is 256 g/mol. The number of benzene rings is 1. The van der Waals surface area contributed by atoms with Crippen LogP contribution < -0.4 is 5.32 Å². The van der Waals surface area contributed by atoms with Crippen LogP contribution in [0.15, 0.2) is 36.7 Å². The number of fused-ring (bicyclic) bond motifs is 1. The molecule has 3 heteroatoms. The standard InChI is InChI=1S/C16H20N2O/c1-17-16(8-12-6-7-19-11-12)15-10-18-9-13-4-2-3-5-14(13)15/h2-5,9-10,12,16-17H,6-8,11H2,1H3. The molecule has 0 saturated carbocycles. The summed E-state index contributed by atoms with van der Waals surface area (Å²) in [6.45, 7) is 1.81. The summed E-state index contributed by atoms with van der Waals surface area (Å²) < 4.78 is 5.48. The maximum absolute atomic E-state index is 5.48. The second-order valence-electron chi connectivity index (χ2n) is 5.26. The van der Waals surface area contributed by atoms with Crippen molar-refractivity contribution in [1.29, 1.82) is 0 Å². The Labute approximate surface area is 114 Å². The second-order valence-corrected chi connectivity index (χ2v) is 5.26. The van der Waals surface area contributed by atoms with Crippen LogP contribution in [-0.4, -0.2) is 25.2 Å². The van der Waals surface area contributed by atoms with Crippen LogP contribution in [0.25, 0.3) is 10.8 Å². The molecule has 1 aromatic heterocycles. The Morgan fingerprint density at radius 3 is 3.05 bits per heavy atom. The van der Waals surface area contributed by atoms with Crippen molar-refractivity contribution >= 4 is 10.8 Å². The van der Waals surface area contributed by atoms with Crippen LogP contribution in [0.3, 0.4) is 0 Å². The van der Waals surface area contributed by atoms with E-state index in [9.17, 15) is 0 Å². The van der Waals surface area contributed by atoms with Crippen LogP contribution >= 0.6 is 0 Å². The molecular weight excluding hydrogens is 236 g/mol. The highest BCUT2D eigenvalue weighted by molar-refractivity contribution is 5.85. The molecule has 19 heavy (non-hydrogen) atoms. The van der Waals surface area contributed by atoms with E-state index in [1.54, 1.807) is 0 Å². The summed E-state index contributed by atoms with van der Waals surface area (Å²) in [5.74, 6) is 0.663. The van der Waals surface area contributed by atoms with E-state index in [2.05, 4.69) is 34.6 Å². The van der Waals surface area contributed by atoms with Gasteiger partial charge in [0, 0.05) is 37.0 Å². The highest BCUT2D eigenvalue weighted by Gasteiger charge is 2.22. The molecule has 2 aromatic rings. The number of ether oxygens (including phenoxy) is 1. The van der Waals surface area contributed by atoms with Gasteiger partial charge in [0.25, 0.3) is 0 Å². The van der Waals surface area contributed by atoms with Gasteiger partial charge in [0.05, 0.1) is 0 Å². The number of hydrogen-bond acceptors (Lipinski definition) is 3. The van der Waals surface area contributed by atoms with E-state index in [0.29, 0.717) is 12.0 Å². The van der Waals surface area contributed by atoms with Crippen molar-refractivity contribution in [2.75, 3.05) is 20.3 Å². The smallest absolute Gasteiger partial charge is 0.0495 e. The molecule has 2 unspecified atom stereocenters. The van der Waals surface area contributed by atoms with E-state index in [-0.39, 0.29) is 0 Å². The lowest BCUT2D eigenvalue weighted by Crippen LogP contribution is -2.20. The molecule has 1 aromatic carbocycles. The van der Waals surface area contributed by atoms with E-state index < -0.39 is 0 Å². The highest BCUT2D eigenvalue weighted by Crippen LogP contribution is 2.30. The molecule has 1 N–H and O–H groups in total. The molecule has 1 aliphatic heterocycles. The second kappa shape index (κ2) is 5.68. The Hall–Kier alpha value is -1.45.